The first kappa shape index (κ1) is 43.4. The molecule has 7 heteroatoms. The second-order valence-corrected chi connectivity index (χ2v) is 13.7. The second kappa shape index (κ2) is 32.3. The number of carboxylic acid groups (broad SMARTS) is 3. The van der Waals surface area contributed by atoms with Gasteiger partial charge in [-0.15, -0.1) is 0 Å². The molecule has 0 aliphatic carbocycles. The van der Waals surface area contributed by atoms with E-state index in [9.17, 15) is 24.6 Å². The van der Waals surface area contributed by atoms with E-state index in [-0.39, 0.29) is 6.61 Å². The van der Waals surface area contributed by atoms with E-state index in [2.05, 4.69) is 0 Å². The van der Waals surface area contributed by atoms with Gasteiger partial charge < -0.3 is 20.4 Å². The highest BCUT2D eigenvalue weighted by molar-refractivity contribution is 5.74. The van der Waals surface area contributed by atoms with E-state index in [0.717, 1.165) is 70.6 Å². The molecule has 0 radical (unpaired) electrons. The lowest BCUT2D eigenvalue weighted by molar-refractivity contribution is -0.151. The van der Waals surface area contributed by atoms with Crippen molar-refractivity contribution in [2.75, 3.05) is 6.61 Å². The van der Waals surface area contributed by atoms with E-state index >= 15 is 0 Å². The van der Waals surface area contributed by atoms with E-state index in [1.54, 1.807) is 0 Å². The number of carboxylic acids is 3. The third-order valence-corrected chi connectivity index (χ3v) is 9.64. The highest BCUT2D eigenvalue weighted by Crippen LogP contribution is 2.36. The minimum absolute atomic E-state index is 0.0541. The molecule has 45 heavy (non-hydrogen) atoms. The van der Waals surface area contributed by atoms with Crippen LogP contribution >= 0.6 is 0 Å². The maximum atomic E-state index is 12.3. The second-order valence-electron chi connectivity index (χ2n) is 13.7. The zero-order valence-electron chi connectivity index (χ0n) is 29.1. The van der Waals surface area contributed by atoms with E-state index in [1.165, 1.54) is 109 Å². The van der Waals surface area contributed by atoms with Crippen molar-refractivity contribution in [3.05, 3.63) is 0 Å². The molecule has 0 aromatic carbocycles. The number of aliphatic hydroxyl groups is 1. The molecule has 0 aromatic heterocycles. The highest BCUT2D eigenvalue weighted by Gasteiger charge is 2.36. The molecule has 0 aliphatic rings. The first-order valence-corrected chi connectivity index (χ1v) is 19.1. The van der Waals surface area contributed by atoms with Gasteiger partial charge in [-0.25, -0.2) is 0 Å². The number of unbranched alkanes of at least 4 members (excludes halogenated alkanes) is 26. The molecule has 0 saturated carbocycles. The number of aliphatic hydroxyl groups excluding tert-OH is 1. The SMILES string of the molecule is O=C(O)CCCCCCCCCCCCCCCCCC(CCO)(CCCCCCCCCCCCCCCC(=O)O)C(=O)O. The summed E-state index contributed by atoms with van der Waals surface area (Å²) in [4.78, 5) is 33.3. The molecule has 0 rings (SSSR count). The summed E-state index contributed by atoms with van der Waals surface area (Å²) >= 11 is 0. The Morgan fingerprint density at radius 3 is 0.756 bits per heavy atom. The Balaban J connectivity index is 3.75. The van der Waals surface area contributed by atoms with Crippen LogP contribution in [0.15, 0.2) is 0 Å². The summed E-state index contributed by atoms with van der Waals surface area (Å²) in [6.07, 6.45) is 34.9. The molecule has 0 spiro atoms. The van der Waals surface area contributed by atoms with Crippen LogP contribution in [0.5, 0.6) is 0 Å². The lowest BCUT2D eigenvalue weighted by atomic mass is 9.75. The summed E-state index contributed by atoms with van der Waals surface area (Å²) in [6, 6.07) is 0. The van der Waals surface area contributed by atoms with E-state index < -0.39 is 23.3 Å². The van der Waals surface area contributed by atoms with Gasteiger partial charge in [0, 0.05) is 19.4 Å². The normalized spacial score (nSPS) is 12.7. The summed E-state index contributed by atoms with van der Waals surface area (Å²) < 4.78 is 0. The monoisotopic (exact) mass is 641 g/mol. The number of aliphatic carboxylic acids is 3. The predicted octanol–water partition coefficient (Wildman–Crippen LogP) is 11.1. The zero-order chi connectivity index (χ0) is 33.3. The van der Waals surface area contributed by atoms with E-state index in [0.29, 0.717) is 32.1 Å². The van der Waals surface area contributed by atoms with Gasteiger partial charge in [-0.1, -0.05) is 167 Å². The van der Waals surface area contributed by atoms with Crippen molar-refractivity contribution < 1.29 is 34.8 Å². The molecule has 0 heterocycles. The Kier molecular flexibility index (Phi) is 31.1. The first-order valence-electron chi connectivity index (χ1n) is 19.1. The Morgan fingerprint density at radius 1 is 0.333 bits per heavy atom. The topological polar surface area (TPSA) is 132 Å². The average molecular weight is 641 g/mol. The van der Waals surface area contributed by atoms with Crippen LogP contribution in [0, 0.1) is 5.41 Å². The molecule has 0 aromatic rings. The number of rotatable bonds is 37. The van der Waals surface area contributed by atoms with Crippen molar-refractivity contribution in [3.63, 3.8) is 0 Å². The maximum absolute atomic E-state index is 12.3. The third-order valence-electron chi connectivity index (χ3n) is 9.64. The van der Waals surface area contributed by atoms with Crippen molar-refractivity contribution in [2.24, 2.45) is 5.41 Å². The fraction of sp³-hybridized carbons (Fsp3) is 0.921. The molecule has 4 N–H and O–H groups in total. The van der Waals surface area contributed by atoms with Crippen LogP contribution in [0.1, 0.15) is 212 Å². The zero-order valence-corrected chi connectivity index (χ0v) is 29.1. The van der Waals surface area contributed by atoms with Gasteiger partial charge in [0.05, 0.1) is 5.41 Å². The molecule has 0 amide bonds. The molecule has 1 unspecified atom stereocenters. The van der Waals surface area contributed by atoms with Crippen LogP contribution in [0.2, 0.25) is 0 Å². The Labute approximate surface area is 276 Å². The summed E-state index contributed by atoms with van der Waals surface area (Å²) in [5, 5.41) is 37.0. The van der Waals surface area contributed by atoms with Crippen LogP contribution in [-0.2, 0) is 14.4 Å². The standard InChI is InChI=1S/C38H72O7/c39-34-33-38(37(44)45,32-28-24-20-16-12-8-4-6-10-14-18-22-26-30-36(42)43)31-27-23-19-15-11-7-3-1-2-5-9-13-17-21-25-29-35(40)41/h39H,1-34H2,(H,40,41)(H,42,43)(H,44,45). The highest BCUT2D eigenvalue weighted by atomic mass is 16.4. The van der Waals surface area contributed by atoms with Gasteiger partial charge in [-0.3, -0.25) is 14.4 Å². The smallest absolute Gasteiger partial charge is 0.309 e. The van der Waals surface area contributed by atoms with Gasteiger partial charge in [-0.2, -0.15) is 0 Å². The van der Waals surface area contributed by atoms with Crippen LogP contribution in [-0.4, -0.2) is 44.9 Å². The minimum atomic E-state index is -0.763. The van der Waals surface area contributed by atoms with Crippen molar-refractivity contribution in [1.82, 2.24) is 0 Å². The molecule has 0 aliphatic heterocycles. The molecule has 0 saturated heterocycles. The van der Waals surface area contributed by atoms with Gasteiger partial charge in [0.1, 0.15) is 0 Å². The molecule has 7 nitrogen and oxygen atoms in total. The summed E-state index contributed by atoms with van der Waals surface area (Å²) in [6.45, 7) is -0.0541. The molecular weight excluding hydrogens is 568 g/mol. The summed E-state index contributed by atoms with van der Waals surface area (Å²) in [5.41, 5.74) is -0.763. The molecular formula is C38H72O7. The van der Waals surface area contributed by atoms with Crippen molar-refractivity contribution in [2.45, 2.75) is 212 Å². The lowest BCUT2D eigenvalue weighted by Crippen LogP contribution is -2.32. The van der Waals surface area contributed by atoms with Crippen LogP contribution in [0.4, 0.5) is 0 Å². The van der Waals surface area contributed by atoms with Gasteiger partial charge in [-0.05, 0) is 32.1 Å². The fourth-order valence-electron chi connectivity index (χ4n) is 6.63. The molecule has 1 atom stereocenters. The Bertz CT molecular complexity index is 696. The molecule has 266 valence electrons. The Morgan fingerprint density at radius 2 is 0.556 bits per heavy atom. The van der Waals surface area contributed by atoms with Crippen molar-refractivity contribution >= 4 is 17.9 Å². The van der Waals surface area contributed by atoms with E-state index in [4.69, 9.17) is 10.2 Å². The van der Waals surface area contributed by atoms with Crippen molar-refractivity contribution in [1.29, 1.82) is 0 Å². The number of hydrogen-bond acceptors (Lipinski definition) is 4. The first-order chi connectivity index (χ1) is 21.8. The van der Waals surface area contributed by atoms with Gasteiger partial charge in [0.25, 0.3) is 0 Å². The van der Waals surface area contributed by atoms with Crippen LogP contribution < -0.4 is 0 Å². The molecule has 0 fully saturated rings. The quantitative estimate of drug-likeness (QED) is 0.0496. The fourth-order valence-corrected chi connectivity index (χ4v) is 6.63. The number of carbonyl (C=O) groups is 3. The van der Waals surface area contributed by atoms with E-state index in [1.807, 2.05) is 0 Å². The predicted molar refractivity (Wildman–Crippen MR) is 185 cm³/mol. The van der Waals surface area contributed by atoms with Gasteiger partial charge >= 0.3 is 17.9 Å². The summed E-state index contributed by atoms with van der Waals surface area (Å²) in [7, 11) is 0. The van der Waals surface area contributed by atoms with Crippen LogP contribution in [0.25, 0.3) is 0 Å². The van der Waals surface area contributed by atoms with Crippen molar-refractivity contribution in [3.8, 4) is 0 Å². The number of hydrogen-bond donors (Lipinski definition) is 4. The van der Waals surface area contributed by atoms with Crippen LogP contribution in [0.3, 0.4) is 0 Å². The van der Waals surface area contributed by atoms with Gasteiger partial charge in [0.15, 0.2) is 0 Å². The third kappa shape index (κ3) is 29.5. The largest absolute Gasteiger partial charge is 0.481 e. The minimum Gasteiger partial charge on any atom is -0.481 e. The molecule has 0 bridgehead atoms. The Hall–Kier alpha value is -1.63. The van der Waals surface area contributed by atoms with Gasteiger partial charge in [0.2, 0.25) is 0 Å². The average Bonchev–Trinajstić information content (AvgIpc) is 3.00. The lowest BCUT2D eigenvalue weighted by Gasteiger charge is -2.29. The summed E-state index contributed by atoms with van der Waals surface area (Å²) in [5.74, 6) is -2.10. The maximum Gasteiger partial charge on any atom is 0.309 e.